The van der Waals surface area contributed by atoms with Crippen molar-refractivity contribution in [1.29, 1.82) is 0 Å². The standard InChI is InChI=1S/C23H21ClN2O3/c1-16-7-12-21(20(24)13-16)26-22(27)14-25-23(28)18-8-10-19(11-9-18)29-15-17-5-3-2-4-6-17/h2-13H,14-15H2,1H3,(H,25,28)(H,26,27). The lowest BCUT2D eigenvalue weighted by atomic mass is 10.2. The summed E-state index contributed by atoms with van der Waals surface area (Å²) in [4.78, 5) is 24.3. The van der Waals surface area contributed by atoms with Crippen molar-refractivity contribution in [3.63, 3.8) is 0 Å². The monoisotopic (exact) mass is 408 g/mol. The van der Waals surface area contributed by atoms with Crippen molar-refractivity contribution in [3.8, 4) is 5.75 Å². The van der Waals surface area contributed by atoms with Gasteiger partial charge in [-0.3, -0.25) is 9.59 Å². The molecule has 0 fully saturated rings. The molecule has 0 aromatic heterocycles. The number of benzene rings is 3. The zero-order valence-corrected chi connectivity index (χ0v) is 16.7. The Bertz CT molecular complexity index is 989. The first-order valence-corrected chi connectivity index (χ1v) is 9.50. The zero-order chi connectivity index (χ0) is 20.6. The largest absolute Gasteiger partial charge is 0.489 e. The van der Waals surface area contributed by atoms with E-state index < -0.39 is 0 Å². The molecule has 0 saturated carbocycles. The second kappa shape index (κ2) is 9.75. The van der Waals surface area contributed by atoms with Crippen molar-refractivity contribution < 1.29 is 14.3 Å². The van der Waals surface area contributed by atoms with Crippen LogP contribution < -0.4 is 15.4 Å². The molecule has 0 radical (unpaired) electrons. The van der Waals surface area contributed by atoms with Gasteiger partial charge in [0.05, 0.1) is 17.3 Å². The summed E-state index contributed by atoms with van der Waals surface area (Å²) >= 11 is 6.10. The highest BCUT2D eigenvalue weighted by molar-refractivity contribution is 6.33. The van der Waals surface area contributed by atoms with E-state index in [-0.39, 0.29) is 18.4 Å². The molecular weight excluding hydrogens is 388 g/mol. The van der Waals surface area contributed by atoms with Crippen LogP contribution in [-0.2, 0) is 11.4 Å². The van der Waals surface area contributed by atoms with Gasteiger partial charge in [-0.25, -0.2) is 0 Å². The number of carbonyl (C=O) groups excluding carboxylic acids is 2. The van der Waals surface area contributed by atoms with E-state index in [0.29, 0.717) is 28.6 Å². The molecule has 0 aliphatic carbocycles. The second-order valence-electron chi connectivity index (χ2n) is 6.51. The molecule has 148 valence electrons. The van der Waals surface area contributed by atoms with Gasteiger partial charge in [-0.15, -0.1) is 0 Å². The van der Waals surface area contributed by atoms with Crippen molar-refractivity contribution in [3.05, 3.63) is 94.5 Å². The molecular formula is C23H21ClN2O3. The van der Waals surface area contributed by atoms with Crippen molar-refractivity contribution in [2.24, 2.45) is 0 Å². The number of hydrogen-bond acceptors (Lipinski definition) is 3. The van der Waals surface area contributed by atoms with E-state index in [2.05, 4.69) is 10.6 Å². The van der Waals surface area contributed by atoms with Gasteiger partial charge in [0, 0.05) is 5.56 Å². The van der Waals surface area contributed by atoms with Gasteiger partial charge in [-0.1, -0.05) is 48.0 Å². The summed E-state index contributed by atoms with van der Waals surface area (Å²) in [6.45, 7) is 2.21. The van der Waals surface area contributed by atoms with Gasteiger partial charge in [0.25, 0.3) is 5.91 Å². The number of nitrogens with one attached hydrogen (secondary N) is 2. The van der Waals surface area contributed by atoms with Crippen LogP contribution in [0.15, 0.2) is 72.8 Å². The highest BCUT2D eigenvalue weighted by Gasteiger charge is 2.10. The van der Waals surface area contributed by atoms with Crippen LogP contribution in [0.1, 0.15) is 21.5 Å². The van der Waals surface area contributed by atoms with Crippen molar-refractivity contribution in [1.82, 2.24) is 5.32 Å². The fraction of sp³-hybridized carbons (Fsp3) is 0.130. The topological polar surface area (TPSA) is 67.4 Å². The molecule has 0 aliphatic rings. The minimum absolute atomic E-state index is 0.157. The lowest BCUT2D eigenvalue weighted by Gasteiger charge is -2.10. The van der Waals surface area contributed by atoms with Crippen LogP contribution in [0.5, 0.6) is 5.75 Å². The number of carbonyl (C=O) groups is 2. The zero-order valence-electron chi connectivity index (χ0n) is 15.9. The van der Waals surface area contributed by atoms with Crippen molar-refractivity contribution >= 4 is 29.1 Å². The number of anilines is 1. The molecule has 3 aromatic carbocycles. The summed E-state index contributed by atoms with van der Waals surface area (Å²) in [7, 11) is 0. The highest BCUT2D eigenvalue weighted by Crippen LogP contribution is 2.22. The van der Waals surface area contributed by atoms with Gasteiger partial charge < -0.3 is 15.4 Å². The number of amides is 2. The smallest absolute Gasteiger partial charge is 0.251 e. The lowest BCUT2D eigenvalue weighted by Crippen LogP contribution is -2.32. The van der Waals surface area contributed by atoms with Gasteiger partial charge in [-0.05, 0) is 54.4 Å². The van der Waals surface area contributed by atoms with Crippen LogP contribution in [0.4, 0.5) is 5.69 Å². The van der Waals surface area contributed by atoms with Crippen LogP contribution in [0.2, 0.25) is 5.02 Å². The van der Waals surface area contributed by atoms with Crippen LogP contribution in [0.3, 0.4) is 0 Å². The van der Waals surface area contributed by atoms with E-state index >= 15 is 0 Å². The molecule has 2 N–H and O–H groups in total. The molecule has 0 atom stereocenters. The molecule has 0 aliphatic heterocycles. The first-order chi connectivity index (χ1) is 14.0. The molecule has 29 heavy (non-hydrogen) atoms. The Morgan fingerprint density at radius 3 is 2.38 bits per heavy atom. The third kappa shape index (κ3) is 6.09. The first-order valence-electron chi connectivity index (χ1n) is 9.12. The van der Waals surface area contributed by atoms with Gasteiger partial charge >= 0.3 is 0 Å². The number of aryl methyl sites for hydroxylation is 1. The Balaban J connectivity index is 1.48. The third-order valence-corrected chi connectivity index (χ3v) is 4.49. The lowest BCUT2D eigenvalue weighted by molar-refractivity contribution is -0.115. The minimum atomic E-state index is -0.355. The van der Waals surface area contributed by atoms with E-state index in [4.69, 9.17) is 16.3 Å². The molecule has 0 bridgehead atoms. The van der Waals surface area contributed by atoms with Crippen LogP contribution >= 0.6 is 11.6 Å². The van der Waals surface area contributed by atoms with Gasteiger partial charge in [0.1, 0.15) is 12.4 Å². The van der Waals surface area contributed by atoms with Crippen LogP contribution in [0.25, 0.3) is 0 Å². The second-order valence-corrected chi connectivity index (χ2v) is 6.92. The molecule has 3 aromatic rings. The number of halogens is 1. The Kier molecular flexibility index (Phi) is 6.87. The average molecular weight is 409 g/mol. The molecule has 3 rings (SSSR count). The minimum Gasteiger partial charge on any atom is -0.489 e. The summed E-state index contributed by atoms with van der Waals surface area (Å²) < 4.78 is 5.70. The molecule has 6 heteroatoms. The van der Waals surface area contributed by atoms with Crippen LogP contribution in [0, 0.1) is 6.92 Å². The fourth-order valence-corrected chi connectivity index (χ4v) is 2.90. The molecule has 0 saturated heterocycles. The summed E-state index contributed by atoms with van der Waals surface area (Å²) in [5.74, 6) is -0.0335. The third-order valence-electron chi connectivity index (χ3n) is 4.17. The van der Waals surface area contributed by atoms with Crippen molar-refractivity contribution in [2.75, 3.05) is 11.9 Å². The molecule has 0 heterocycles. The normalized spacial score (nSPS) is 10.3. The molecule has 0 spiro atoms. The Morgan fingerprint density at radius 1 is 0.966 bits per heavy atom. The van der Waals surface area contributed by atoms with E-state index in [9.17, 15) is 9.59 Å². The summed E-state index contributed by atoms with van der Waals surface area (Å²) in [5.41, 5.74) is 3.01. The van der Waals surface area contributed by atoms with Gasteiger partial charge in [-0.2, -0.15) is 0 Å². The average Bonchev–Trinajstić information content (AvgIpc) is 2.73. The number of hydrogen-bond donors (Lipinski definition) is 2. The summed E-state index contributed by atoms with van der Waals surface area (Å²) in [5, 5.41) is 5.73. The Morgan fingerprint density at radius 2 is 1.69 bits per heavy atom. The van der Waals surface area contributed by atoms with Gasteiger partial charge in [0.2, 0.25) is 5.91 Å². The van der Waals surface area contributed by atoms with Crippen LogP contribution in [-0.4, -0.2) is 18.4 Å². The van der Waals surface area contributed by atoms with E-state index in [1.165, 1.54) is 0 Å². The fourth-order valence-electron chi connectivity index (χ4n) is 2.62. The van der Waals surface area contributed by atoms with Crippen molar-refractivity contribution in [2.45, 2.75) is 13.5 Å². The number of rotatable bonds is 7. The van der Waals surface area contributed by atoms with E-state index in [0.717, 1.165) is 11.1 Å². The predicted octanol–water partition coefficient (Wildman–Crippen LogP) is 4.60. The predicted molar refractivity (Wildman–Crippen MR) is 114 cm³/mol. The highest BCUT2D eigenvalue weighted by atomic mass is 35.5. The Hall–Kier alpha value is -3.31. The number of ether oxygens (including phenoxy) is 1. The first kappa shape index (κ1) is 20.4. The maximum Gasteiger partial charge on any atom is 0.251 e. The van der Waals surface area contributed by atoms with E-state index in [1.54, 1.807) is 36.4 Å². The summed E-state index contributed by atoms with van der Waals surface area (Å²) in [6, 6.07) is 21.9. The molecule has 2 amide bonds. The maximum absolute atomic E-state index is 12.2. The maximum atomic E-state index is 12.2. The SMILES string of the molecule is Cc1ccc(NC(=O)CNC(=O)c2ccc(OCc3ccccc3)cc2)c(Cl)c1. The molecule has 0 unspecified atom stereocenters. The quantitative estimate of drug-likeness (QED) is 0.600. The van der Waals surface area contributed by atoms with E-state index in [1.807, 2.05) is 43.3 Å². The molecule has 5 nitrogen and oxygen atoms in total. The van der Waals surface area contributed by atoms with Gasteiger partial charge in [0.15, 0.2) is 0 Å². The Labute approximate surface area is 174 Å². The summed E-state index contributed by atoms with van der Waals surface area (Å²) in [6.07, 6.45) is 0.